The van der Waals surface area contributed by atoms with Crippen molar-refractivity contribution < 1.29 is 9.90 Å². The van der Waals surface area contributed by atoms with Crippen LogP contribution in [0.1, 0.15) is 41.2 Å². The van der Waals surface area contributed by atoms with Crippen LogP contribution in [0.4, 0.5) is 17.3 Å². The SMILES string of the molecule is Cn1cc(-c2ccnc(N3CCn4c(cc5c4CC(C)(C)C5)C3=O)c2CO)cc(Nc2ccncn2)c1=O. The molecule has 0 saturated carbocycles. The van der Waals surface area contributed by atoms with E-state index in [0.29, 0.717) is 52.8 Å². The number of fused-ring (bicyclic) bond motifs is 3. The molecule has 0 spiro atoms. The van der Waals surface area contributed by atoms with Crippen LogP contribution in [-0.4, -0.2) is 41.6 Å². The summed E-state index contributed by atoms with van der Waals surface area (Å²) in [6, 6.07) is 7.21. The smallest absolute Gasteiger partial charge is 0.276 e. The van der Waals surface area contributed by atoms with E-state index in [1.807, 2.05) is 6.07 Å². The van der Waals surface area contributed by atoms with E-state index in [1.165, 1.54) is 22.2 Å². The maximum atomic E-state index is 13.7. The van der Waals surface area contributed by atoms with Gasteiger partial charge in [0.2, 0.25) is 0 Å². The second-order valence-electron chi connectivity index (χ2n) is 10.7. The Bertz CT molecular complexity index is 1620. The van der Waals surface area contributed by atoms with E-state index in [2.05, 4.69) is 38.7 Å². The van der Waals surface area contributed by atoms with Crippen molar-refractivity contribution in [3.05, 3.63) is 82.1 Å². The number of aliphatic hydroxyl groups excluding tert-OH is 1. The number of hydrogen-bond acceptors (Lipinski definition) is 7. The maximum Gasteiger partial charge on any atom is 0.276 e. The number of amides is 1. The summed E-state index contributed by atoms with van der Waals surface area (Å²) in [5.41, 5.74) is 5.42. The number of nitrogens with one attached hydrogen (secondary N) is 1. The molecule has 1 aliphatic heterocycles. The van der Waals surface area contributed by atoms with Crippen LogP contribution in [0.5, 0.6) is 0 Å². The van der Waals surface area contributed by atoms with Gasteiger partial charge in [0.15, 0.2) is 0 Å². The molecule has 0 unspecified atom stereocenters. The summed E-state index contributed by atoms with van der Waals surface area (Å²) >= 11 is 0. The first-order valence-corrected chi connectivity index (χ1v) is 12.6. The highest BCUT2D eigenvalue weighted by molar-refractivity contribution is 6.06. The van der Waals surface area contributed by atoms with E-state index in [9.17, 15) is 14.7 Å². The van der Waals surface area contributed by atoms with Gasteiger partial charge in [0.1, 0.15) is 29.3 Å². The molecule has 10 nitrogen and oxygen atoms in total. The lowest BCUT2D eigenvalue weighted by Crippen LogP contribution is -2.41. The quantitative estimate of drug-likeness (QED) is 0.423. The minimum absolute atomic E-state index is 0.116. The van der Waals surface area contributed by atoms with Crippen LogP contribution in [0.3, 0.4) is 0 Å². The van der Waals surface area contributed by atoms with Crippen LogP contribution >= 0.6 is 0 Å². The lowest BCUT2D eigenvalue weighted by atomic mass is 9.90. The van der Waals surface area contributed by atoms with Gasteiger partial charge in [-0.15, -0.1) is 0 Å². The Kier molecular flexibility index (Phi) is 5.64. The zero-order valence-electron chi connectivity index (χ0n) is 21.6. The molecule has 0 atom stereocenters. The predicted molar refractivity (Wildman–Crippen MR) is 143 cm³/mol. The number of carbonyl (C=O) groups is 1. The molecule has 10 heteroatoms. The van der Waals surface area contributed by atoms with Gasteiger partial charge in [0.25, 0.3) is 11.5 Å². The van der Waals surface area contributed by atoms with Crippen molar-refractivity contribution in [2.24, 2.45) is 12.5 Å². The summed E-state index contributed by atoms with van der Waals surface area (Å²) in [6.45, 7) is 5.34. The molecule has 38 heavy (non-hydrogen) atoms. The Hall–Kier alpha value is -4.31. The van der Waals surface area contributed by atoms with Gasteiger partial charge in [-0.2, -0.15) is 0 Å². The summed E-state index contributed by atoms with van der Waals surface area (Å²) < 4.78 is 3.63. The van der Waals surface area contributed by atoms with Gasteiger partial charge in [0.05, 0.1) is 6.61 Å². The van der Waals surface area contributed by atoms with Crippen LogP contribution in [0.2, 0.25) is 0 Å². The van der Waals surface area contributed by atoms with E-state index >= 15 is 0 Å². The van der Waals surface area contributed by atoms with Crippen LogP contribution in [0, 0.1) is 5.41 Å². The highest BCUT2D eigenvalue weighted by Crippen LogP contribution is 2.40. The standard InChI is InChI=1S/C28H29N7O3/c1-28(2)12-17-11-22-27(38)35(9-8-34(22)23(17)13-28)25-20(15-36)19(4-7-30-25)18-10-21(26(37)33(3)14-18)32-24-5-6-29-16-31-24/h4-7,10-11,14,16,36H,8-9,12-13,15H2,1-3H3,(H,29,31,32). The highest BCUT2D eigenvalue weighted by atomic mass is 16.3. The van der Waals surface area contributed by atoms with E-state index in [4.69, 9.17) is 0 Å². The Morgan fingerprint density at radius 2 is 1.92 bits per heavy atom. The molecule has 5 heterocycles. The van der Waals surface area contributed by atoms with E-state index in [1.54, 1.807) is 48.7 Å². The molecule has 0 saturated heterocycles. The third-order valence-electron chi connectivity index (χ3n) is 7.41. The highest BCUT2D eigenvalue weighted by Gasteiger charge is 2.37. The molecule has 0 bridgehead atoms. The molecular weight excluding hydrogens is 482 g/mol. The number of pyridine rings is 2. The fourth-order valence-electron chi connectivity index (χ4n) is 5.70. The molecule has 1 aliphatic carbocycles. The molecule has 0 radical (unpaired) electrons. The number of hydrogen-bond donors (Lipinski definition) is 2. The van der Waals surface area contributed by atoms with E-state index < -0.39 is 0 Å². The lowest BCUT2D eigenvalue weighted by molar-refractivity contribution is 0.0962. The molecule has 2 aliphatic rings. The number of aliphatic hydroxyl groups is 1. The van der Waals surface area contributed by atoms with Crippen molar-refractivity contribution in [1.29, 1.82) is 0 Å². The summed E-state index contributed by atoms with van der Waals surface area (Å²) in [5, 5.41) is 13.5. The fourth-order valence-corrected chi connectivity index (χ4v) is 5.70. The van der Waals surface area contributed by atoms with Gasteiger partial charge in [-0.05, 0) is 53.6 Å². The molecular formula is C28H29N7O3. The fraction of sp³-hybridized carbons (Fsp3) is 0.321. The lowest BCUT2D eigenvalue weighted by Gasteiger charge is -2.31. The average Bonchev–Trinajstić information content (AvgIpc) is 3.39. The Morgan fingerprint density at radius 3 is 2.68 bits per heavy atom. The number of nitrogens with zero attached hydrogens (tertiary/aromatic N) is 6. The predicted octanol–water partition coefficient (Wildman–Crippen LogP) is 3.06. The molecule has 4 aromatic rings. The molecule has 0 fully saturated rings. The minimum Gasteiger partial charge on any atom is -0.392 e. The second-order valence-corrected chi connectivity index (χ2v) is 10.7. The van der Waals surface area contributed by atoms with Gasteiger partial charge < -0.3 is 19.6 Å². The van der Waals surface area contributed by atoms with Crippen LogP contribution < -0.4 is 15.8 Å². The summed E-state index contributed by atoms with van der Waals surface area (Å²) in [7, 11) is 1.67. The summed E-state index contributed by atoms with van der Waals surface area (Å²) in [6.07, 6.45) is 8.26. The van der Waals surface area contributed by atoms with Gasteiger partial charge in [-0.1, -0.05) is 13.8 Å². The van der Waals surface area contributed by atoms with Gasteiger partial charge >= 0.3 is 0 Å². The van der Waals surface area contributed by atoms with Crippen molar-refractivity contribution in [2.75, 3.05) is 16.8 Å². The monoisotopic (exact) mass is 511 g/mol. The molecule has 0 aromatic carbocycles. The van der Waals surface area contributed by atoms with Crippen LogP contribution in [0.15, 0.2) is 54.0 Å². The molecule has 4 aromatic heterocycles. The Morgan fingerprint density at radius 1 is 1.08 bits per heavy atom. The van der Waals surface area contributed by atoms with Crippen molar-refractivity contribution >= 4 is 23.2 Å². The first kappa shape index (κ1) is 24.1. The minimum atomic E-state index is -0.314. The number of rotatable bonds is 5. The van der Waals surface area contributed by atoms with Gasteiger partial charge in [-0.25, -0.2) is 15.0 Å². The van der Waals surface area contributed by atoms with Gasteiger partial charge in [0, 0.05) is 55.5 Å². The maximum absolute atomic E-state index is 13.7. The normalized spacial score (nSPS) is 15.9. The van der Waals surface area contributed by atoms with Crippen molar-refractivity contribution in [3.63, 3.8) is 0 Å². The first-order valence-electron chi connectivity index (χ1n) is 12.6. The third-order valence-corrected chi connectivity index (χ3v) is 7.41. The number of aryl methyl sites for hydroxylation is 1. The van der Waals surface area contributed by atoms with Crippen LogP contribution in [0.25, 0.3) is 11.1 Å². The zero-order chi connectivity index (χ0) is 26.6. The summed E-state index contributed by atoms with van der Waals surface area (Å²) in [4.78, 5) is 40.7. The zero-order valence-corrected chi connectivity index (χ0v) is 21.6. The van der Waals surface area contributed by atoms with Crippen molar-refractivity contribution in [2.45, 2.75) is 39.8 Å². The Balaban J connectivity index is 1.38. The third kappa shape index (κ3) is 3.97. The second kappa shape index (κ2) is 8.91. The van der Waals surface area contributed by atoms with Crippen LogP contribution in [-0.2, 0) is 33.0 Å². The van der Waals surface area contributed by atoms with E-state index in [0.717, 1.165) is 12.8 Å². The van der Waals surface area contributed by atoms with E-state index in [-0.39, 0.29) is 23.5 Å². The topological polar surface area (TPSA) is 118 Å². The average molecular weight is 512 g/mol. The van der Waals surface area contributed by atoms with Crippen molar-refractivity contribution in [1.82, 2.24) is 24.1 Å². The number of anilines is 3. The number of aromatic nitrogens is 5. The molecule has 2 N–H and O–H groups in total. The molecule has 6 rings (SSSR count). The van der Waals surface area contributed by atoms with Gasteiger partial charge in [-0.3, -0.25) is 14.5 Å². The van der Waals surface area contributed by atoms with Crippen molar-refractivity contribution in [3.8, 4) is 11.1 Å². The summed E-state index contributed by atoms with van der Waals surface area (Å²) in [5.74, 6) is 0.806. The Labute approximate surface area is 219 Å². The first-order chi connectivity index (χ1) is 18.3. The molecule has 1 amide bonds. The number of carbonyl (C=O) groups excluding carboxylic acids is 1. The molecule has 194 valence electrons. The largest absolute Gasteiger partial charge is 0.392 e.